The van der Waals surface area contributed by atoms with E-state index in [0.717, 1.165) is 12.2 Å². The van der Waals surface area contributed by atoms with Gasteiger partial charge in [0.1, 0.15) is 0 Å². The molecule has 2 aromatic carbocycles. The number of likely N-dealkylation sites (N-methyl/N-ethyl adjacent to an activating group) is 1. The van der Waals surface area contributed by atoms with Gasteiger partial charge in [-0.3, -0.25) is 4.99 Å². The van der Waals surface area contributed by atoms with Gasteiger partial charge in [-0.05, 0) is 98.2 Å². The fourth-order valence-electron chi connectivity index (χ4n) is 3.66. The van der Waals surface area contributed by atoms with Gasteiger partial charge in [-0.1, -0.05) is 18.2 Å². The van der Waals surface area contributed by atoms with Crippen molar-refractivity contribution >= 4 is 45.8 Å². The highest BCUT2D eigenvalue weighted by Gasteiger charge is 2.30. The minimum absolute atomic E-state index is 0.0496. The second-order valence-electron chi connectivity index (χ2n) is 7.16. The fourth-order valence-corrected chi connectivity index (χ4v) is 4.18. The van der Waals surface area contributed by atoms with E-state index in [0.29, 0.717) is 0 Å². The molecule has 1 aliphatic rings. The van der Waals surface area contributed by atoms with Crippen molar-refractivity contribution in [1.82, 2.24) is 0 Å². The Bertz CT molecular complexity index is 862. The normalized spacial score (nSPS) is 16.1. The van der Waals surface area contributed by atoms with E-state index in [1.807, 2.05) is 18.3 Å². The first-order valence-corrected chi connectivity index (χ1v) is 9.82. The molecule has 2 nitrogen and oxygen atoms in total. The number of aryl methyl sites for hydroxylation is 1. The second kappa shape index (κ2) is 6.94. The Hall–Kier alpha value is -1.62. The molecule has 0 radical (unpaired) electrons. The number of halogens is 1. The van der Waals surface area contributed by atoms with Crippen LogP contribution in [0.5, 0.6) is 0 Å². The lowest BCUT2D eigenvalue weighted by atomic mass is 9.87. The van der Waals surface area contributed by atoms with Crippen molar-refractivity contribution in [2.24, 2.45) is 4.99 Å². The molecule has 3 heteroatoms. The molecular formula is C22H25IN2. The number of nitrogens with zero attached hydrogens (tertiary/aromatic N) is 2. The molecule has 25 heavy (non-hydrogen) atoms. The van der Waals surface area contributed by atoms with Crippen molar-refractivity contribution in [2.45, 2.75) is 40.2 Å². The second-order valence-corrected chi connectivity index (χ2v) is 8.32. The lowest BCUT2D eigenvalue weighted by molar-refractivity contribution is 0.566. The van der Waals surface area contributed by atoms with Crippen LogP contribution < -0.4 is 4.90 Å². The summed E-state index contributed by atoms with van der Waals surface area (Å²) in [6.45, 7) is 12.2. The monoisotopic (exact) mass is 444 g/mol. The Morgan fingerprint density at radius 2 is 1.88 bits per heavy atom. The summed E-state index contributed by atoms with van der Waals surface area (Å²) < 4.78 is 1.17. The van der Waals surface area contributed by atoms with E-state index in [2.05, 4.69) is 92.5 Å². The van der Waals surface area contributed by atoms with Gasteiger partial charge in [-0.2, -0.15) is 0 Å². The molecule has 0 saturated carbocycles. The topological polar surface area (TPSA) is 15.6 Å². The minimum atomic E-state index is 0.0496. The molecular weight excluding hydrogens is 419 g/mol. The van der Waals surface area contributed by atoms with Gasteiger partial charge in [-0.25, -0.2) is 0 Å². The third-order valence-electron chi connectivity index (χ3n) is 4.88. The highest BCUT2D eigenvalue weighted by Crippen LogP contribution is 2.39. The first-order valence-electron chi connectivity index (χ1n) is 8.74. The van der Waals surface area contributed by atoms with Crippen LogP contribution in [0.3, 0.4) is 0 Å². The van der Waals surface area contributed by atoms with Crippen molar-refractivity contribution in [2.75, 3.05) is 11.4 Å². The van der Waals surface area contributed by atoms with E-state index in [1.54, 1.807) is 0 Å². The number of para-hydroxylation sites is 1. The summed E-state index contributed by atoms with van der Waals surface area (Å²) in [6.07, 6.45) is 4.37. The molecule has 0 saturated heterocycles. The van der Waals surface area contributed by atoms with E-state index in [-0.39, 0.29) is 5.54 Å². The summed E-state index contributed by atoms with van der Waals surface area (Å²) in [6, 6.07) is 12.8. The largest absolute Gasteiger partial charge is 0.363 e. The third-order valence-corrected chi connectivity index (χ3v) is 5.79. The Balaban J connectivity index is 2.05. The van der Waals surface area contributed by atoms with E-state index in [4.69, 9.17) is 4.99 Å². The number of hydrogen-bond acceptors (Lipinski definition) is 2. The minimum Gasteiger partial charge on any atom is -0.363 e. The molecule has 130 valence electrons. The van der Waals surface area contributed by atoms with Gasteiger partial charge in [0.05, 0.1) is 11.2 Å². The number of allylic oxidation sites excluding steroid dienone is 1. The van der Waals surface area contributed by atoms with Gasteiger partial charge in [0, 0.05) is 27.6 Å². The van der Waals surface area contributed by atoms with Crippen molar-refractivity contribution in [3.05, 3.63) is 62.7 Å². The van der Waals surface area contributed by atoms with Crippen LogP contribution in [0.4, 0.5) is 11.4 Å². The Morgan fingerprint density at radius 1 is 1.16 bits per heavy atom. The molecule has 0 unspecified atom stereocenters. The van der Waals surface area contributed by atoms with Gasteiger partial charge in [-0.15, -0.1) is 0 Å². The molecule has 1 aliphatic heterocycles. The first-order chi connectivity index (χ1) is 11.8. The first kappa shape index (κ1) is 18.2. The quantitative estimate of drug-likeness (QED) is 0.397. The standard InChI is InChI=1S/C22H25IN2/c1-6-25-21-11-15(2)17(12-18(21)16(3)13-22(25,4)5)14-24-20-10-8-7-9-19(20)23/h7-14H,6H2,1-5H3. The van der Waals surface area contributed by atoms with Crippen molar-refractivity contribution in [3.8, 4) is 0 Å². The molecule has 3 rings (SSSR count). The molecule has 0 aliphatic carbocycles. The predicted octanol–water partition coefficient (Wildman–Crippen LogP) is 6.37. The van der Waals surface area contributed by atoms with Crippen LogP contribution >= 0.6 is 22.6 Å². The lowest BCUT2D eigenvalue weighted by Crippen LogP contribution is -2.45. The highest BCUT2D eigenvalue weighted by molar-refractivity contribution is 14.1. The zero-order valence-electron chi connectivity index (χ0n) is 15.6. The SMILES string of the molecule is CCN1c2cc(C)c(C=Nc3ccccc3I)cc2C(C)=CC1(C)C. The molecule has 0 atom stereocenters. The van der Waals surface area contributed by atoms with E-state index < -0.39 is 0 Å². The van der Waals surface area contributed by atoms with Gasteiger partial charge in [0.15, 0.2) is 0 Å². The Morgan fingerprint density at radius 3 is 2.56 bits per heavy atom. The maximum atomic E-state index is 4.71. The number of benzene rings is 2. The molecule has 0 fully saturated rings. The molecule has 2 aromatic rings. The van der Waals surface area contributed by atoms with E-state index in [1.165, 1.54) is 31.5 Å². The number of fused-ring (bicyclic) bond motifs is 1. The van der Waals surface area contributed by atoms with Gasteiger partial charge in [0.25, 0.3) is 0 Å². The summed E-state index contributed by atoms with van der Waals surface area (Å²) in [7, 11) is 0. The van der Waals surface area contributed by atoms with Crippen molar-refractivity contribution in [1.29, 1.82) is 0 Å². The van der Waals surface area contributed by atoms with Crippen LogP contribution in [0.25, 0.3) is 5.57 Å². The lowest BCUT2D eigenvalue weighted by Gasteiger charge is -2.43. The molecule has 0 bridgehead atoms. The Kier molecular flexibility index (Phi) is 5.05. The third kappa shape index (κ3) is 3.52. The number of hydrogen-bond donors (Lipinski definition) is 0. The molecule has 0 amide bonds. The van der Waals surface area contributed by atoms with Crippen molar-refractivity contribution in [3.63, 3.8) is 0 Å². The smallest absolute Gasteiger partial charge is 0.0763 e. The van der Waals surface area contributed by atoms with Crippen molar-refractivity contribution < 1.29 is 0 Å². The van der Waals surface area contributed by atoms with Gasteiger partial charge in [0.2, 0.25) is 0 Å². The summed E-state index contributed by atoms with van der Waals surface area (Å²) >= 11 is 2.33. The zero-order chi connectivity index (χ0) is 18.2. The van der Waals surface area contributed by atoms with Crippen LogP contribution in [0.15, 0.2) is 47.5 Å². The predicted molar refractivity (Wildman–Crippen MR) is 118 cm³/mol. The average molecular weight is 444 g/mol. The maximum absolute atomic E-state index is 4.71. The molecule has 0 spiro atoms. The summed E-state index contributed by atoms with van der Waals surface area (Å²) in [5.41, 5.74) is 7.50. The number of rotatable bonds is 3. The maximum Gasteiger partial charge on any atom is 0.0763 e. The summed E-state index contributed by atoms with van der Waals surface area (Å²) in [4.78, 5) is 7.19. The average Bonchev–Trinajstić information content (AvgIpc) is 2.54. The van der Waals surface area contributed by atoms with Crippen LogP contribution in [-0.4, -0.2) is 18.3 Å². The molecule has 1 heterocycles. The summed E-state index contributed by atoms with van der Waals surface area (Å²) in [5, 5.41) is 0. The van der Waals surface area contributed by atoms with E-state index in [9.17, 15) is 0 Å². The fraction of sp³-hybridized carbons (Fsp3) is 0.318. The number of anilines is 1. The zero-order valence-corrected chi connectivity index (χ0v) is 17.8. The summed E-state index contributed by atoms with van der Waals surface area (Å²) in [5.74, 6) is 0. The molecule has 0 N–H and O–H groups in total. The van der Waals surface area contributed by atoms with Gasteiger partial charge >= 0.3 is 0 Å². The molecule has 0 aromatic heterocycles. The highest BCUT2D eigenvalue weighted by atomic mass is 127. The van der Waals surface area contributed by atoms with Crippen LogP contribution in [0.2, 0.25) is 0 Å². The Labute approximate surface area is 164 Å². The van der Waals surface area contributed by atoms with Crippen LogP contribution in [0.1, 0.15) is 44.4 Å². The van der Waals surface area contributed by atoms with Crippen LogP contribution in [-0.2, 0) is 0 Å². The van der Waals surface area contributed by atoms with Crippen LogP contribution in [0, 0.1) is 10.5 Å². The number of aliphatic imine (C=N–C) groups is 1. The van der Waals surface area contributed by atoms with E-state index >= 15 is 0 Å². The van der Waals surface area contributed by atoms with Gasteiger partial charge < -0.3 is 4.90 Å².